The molecule has 0 bridgehead atoms. The molecule has 1 aromatic rings. The Hall–Kier alpha value is -1.00. The van der Waals surface area contributed by atoms with E-state index in [1.54, 1.807) is 36.0 Å². The number of benzene rings is 1. The van der Waals surface area contributed by atoms with E-state index >= 15 is 0 Å². The van der Waals surface area contributed by atoms with Crippen LogP contribution in [0.5, 0.6) is 0 Å². The van der Waals surface area contributed by atoms with E-state index in [-0.39, 0.29) is 23.7 Å². The first-order chi connectivity index (χ1) is 9.00. The monoisotopic (exact) mass is 297 g/mol. The van der Waals surface area contributed by atoms with Gasteiger partial charge in [-0.1, -0.05) is 26.0 Å². The van der Waals surface area contributed by atoms with Crippen molar-refractivity contribution in [3.8, 4) is 0 Å². The van der Waals surface area contributed by atoms with Gasteiger partial charge < -0.3 is 0 Å². The number of halogens is 1. The average Bonchev–Trinajstić information content (AvgIpc) is 2.62. The molecule has 0 N–H and O–H groups in total. The Balaban J connectivity index is 2.04. The maximum atomic E-state index is 12.1. The van der Waals surface area contributed by atoms with E-state index in [0.717, 1.165) is 5.75 Å². The highest BCUT2D eigenvalue weighted by molar-refractivity contribution is 7.99. The zero-order valence-corrected chi connectivity index (χ0v) is 12.5. The molecule has 0 fully saturated rings. The molecule has 0 spiro atoms. The quantitative estimate of drug-likeness (QED) is 0.619. The van der Waals surface area contributed by atoms with Crippen molar-refractivity contribution < 1.29 is 9.59 Å². The van der Waals surface area contributed by atoms with Crippen molar-refractivity contribution in [1.82, 2.24) is 4.90 Å². The van der Waals surface area contributed by atoms with Crippen LogP contribution in [0.15, 0.2) is 24.3 Å². The predicted molar refractivity (Wildman–Crippen MR) is 79.0 cm³/mol. The van der Waals surface area contributed by atoms with Crippen LogP contribution < -0.4 is 0 Å². The molecule has 0 aliphatic carbocycles. The molecule has 1 unspecified atom stereocenters. The standard InChI is InChI=1S/C14H16ClNO2S/c1-9(2)19-8-10(15)7-16-13(17)11-5-3-4-6-12(11)14(16)18/h3-6,9-10H,7-8H2,1-2H3. The summed E-state index contributed by atoms with van der Waals surface area (Å²) in [6, 6.07) is 6.89. The van der Waals surface area contributed by atoms with Crippen LogP contribution in [0, 0.1) is 0 Å². The third-order valence-electron chi connectivity index (χ3n) is 2.87. The Bertz CT molecular complexity index is 469. The van der Waals surface area contributed by atoms with Crippen LogP contribution in [0.2, 0.25) is 0 Å². The molecule has 19 heavy (non-hydrogen) atoms. The van der Waals surface area contributed by atoms with Crippen molar-refractivity contribution in [2.45, 2.75) is 24.5 Å². The van der Waals surface area contributed by atoms with Crippen molar-refractivity contribution in [3.05, 3.63) is 35.4 Å². The molecule has 1 aliphatic rings. The van der Waals surface area contributed by atoms with Crippen LogP contribution in [-0.4, -0.2) is 39.6 Å². The first-order valence-electron chi connectivity index (χ1n) is 6.21. The topological polar surface area (TPSA) is 37.4 Å². The van der Waals surface area contributed by atoms with Gasteiger partial charge in [0, 0.05) is 12.3 Å². The molecule has 102 valence electrons. The summed E-state index contributed by atoms with van der Waals surface area (Å²) >= 11 is 7.94. The zero-order valence-electron chi connectivity index (χ0n) is 10.9. The highest BCUT2D eigenvalue weighted by atomic mass is 35.5. The van der Waals surface area contributed by atoms with Crippen LogP contribution in [0.4, 0.5) is 0 Å². The Morgan fingerprint density at radius 2 is 1.68 bits per heavy atom. The summed E-state index contributed by atoms with van der Waals surface area (Å²) in [7, 11) is 0. The van der Waals surface area contributed by atoms with E-state index in [1.807, 2.05) is 0 Å². The molecule has 0 radical (unpaired) electrons. The number of thioether (sulfide) groups is 1. The number of carbonyl (C=O) groups is 2. The summed E-state index contributed by atoms with van der Waals surface area (Å²) in [5.74, 6) is 0.258. The predicted octanol–water partition coefficient (Wildman–Crippen LogP) is 3.03. The van der Waals surface area contributed by atoms with Crippen molar-refractivity contribution in [2.75, 3.05) is 12.3 Å². The van der Waals surface area contributed by atoms with Crippen LogP contribution >= 0.6 is 23.4 Å². The SMILES string of the molecule is CC(C)SCC(Cl)CN1C(=O)c2ccccc2C1=O. The fraction of sp³-hybridized carbons (Fsp3) is 0.429. The van der Waals surface area contributed by atoms with Gasteiger partial charge in [0.05, 0.1) is 16.5 Å². The lowest BCUT2D eigenvalue weighted by atomic mass is 10.1. The largest absolute Gasteiger partial charge is 0.273 e. The lowest BCUT2D eigenvalue weighted by Gasteiger charge is -2.18. The van der Waals surface area contributed by atoms with E-state index < -0.39 is 0 Å². The molecule has 1 aromatic carbocycles. The third-order valence-corrected chi connectivity index (χ3v) is 4.61. The lowest BCUT2D eigenvalue weighted by molar-refractivity contribution is 0.0656. The van der Waals surface area contributed by atoms with Crippen LogP contribution in [0.25, 0.3) is 0 Å². The molecular formula is C14H16ClNO2S. The number of rotatable bonds is 5. The summed E-state index contributed by atoms with van der Waals surface area (Å²) in [6.07, 6.45) is 0. The maximum absolute atomic E-state index is 12.1. The molecule has 5 heteroatoms. The molecule has 0 aromatic heterocycles. The Morgan fingerprint density at radius 1 is 1.16 bits per heavy atom. The number of imide groups is 1. The van der Waals surface area contributed by atoms with E-state index in [9.17, 15) is 9.59 Å². The number of nitrogens with zero attached hydrogens (tertiary/aromatic N) is 1. The minimum atomic E-state index is -0.235. The zero-order chi connectivity index (χ0) is 14.0. The van der Waals surface area contributed by atoms with Gasteiger partial charge in [0.2, 0.25) is 0 Å². The number of amides is 2. The average molecular weight is 298 g/mol. The summed E-state index contributed by atoms with van der Waals surface area (Å²) in [6.45, 7) is 4.46. The molecule has 0 saturated heterocycles. The number of hydrogen-bond donors (Lipinski definition) is 0. The van der Waals surface area contributed by atoms with Crippen LogP contribution in [0.3, 0.4) is 0 Å². The van der Waals surface area contributed by atoms with Crippen LogP contribution in [0.1, 0.15) is 34.6 Å². The second kappa shape index (κ2) is 5.97. The number of hydrogen-bond acceptors (Lipinski definition) is 3. The fourth-order valence-corrected chi connectivity index (χ4v) is 3.01. The van der Waals surface area contributed by atoms with Crippen molar-refractivity contribution in [2.24, 2.45) is 0 Å². The van der Waals surface area contributed by atoms with Gasteiger partial charge in [-0.2, -0.15) is 11.8 Å². The van der Waals surface area contributed by atoms with Crippen molar-refractivity contribution in [3.63, 3.8) is 0 Å². The second-order valence-corrected chi connectivity index (χ2v) is 6.97. The van der Waals surface area contributed by atoms with Crippen LogP contribution in [-0.2, 0) is 0 Å². The Morgan fingerprint density at radius 3 is 2.16 bits per heavy atom. The van der Waals surface area contributed by atoms with Gasteiger partial charge in [-0.05, 0) is 17.4 Å². The van der Waals surface area contributed by atoms with Gasteiger partial charge in [-0.3, -0.25) is 14.5 Å². The second-order valence-electron chi connectivity index (χ2n) is 4.75. The summed E-state index contributed by atoms with van der Waals surface area (Å²) < 4.78 is 0. The van der Waals surface area contributed by atoms with Gasteiger partial charge in [0.15, 0.2) is 0 Å². The molecule has 2 rings (SSSR count). The molecule has 1 aliphatic heterocycles. The minimum Gasteiger partial charge on any atom is -0.273 e. The molecular weight excluding hydrogens is 282 g/mol. The number of carbonyl (C=O) groups excluding carboxylic acids is 2. The third kappa shape index (κ3) is 3.12. The van der Waals surface area contributed by atoms with E-state index in [1.165, 1.54) is 4.90 Å². The summed E-state index contributed by atoms with van der Waals surface area (Å²) in [4.78, 5) is 25.5. The van der Waals surface area contributed by atoms with E-state index in [4.69, 9.17) is 11.6 Å². The fourth-order valence-electron chi connectivity index (χ4n) is 1.95. The lowest BCUT2D eigenvalue weighted by Crippen LogP contribution is -2.36. The summed E-state index contributed by atoms with van der Waals surface area (Å²) in [5, 5.41) is 0.276. The highest BCUT2D eigenvalue weighted by Gasteiger charge is 2.35. The number of alkyl halides is 1. The van der Waals surface area contributed by atoms with E-state index in [2.05, 4.69) is 13.8 Å². The normalized spacial score (nSPS) is 16.1. The van der Waals surface area contributed by atoms with Crippen molar-refractivity contribution >= 4 is 35.2 Å². The van der Waals surface area contributed by atoms with Gasteiger partial charge in [-0.15, -0.1) is 11.6 Å². The first-order valence-corrected chi connectivity index (χ1v) is 7.70. The molecule has 3 nitrogen and oxygen atoms in total. The molecule has 0 saturated carbocycles. The summed E-state index contributed by atoms with van der Waals surface area (Å²) in [5.41, 5.74) is 0.959. The first kappa shape index (κ1) is 14.4. The Kier molecular flexibility index (Phi) is 4.53. The van der Waals surface area contributed by atoms with Crippen molar-refractivity contribution in [1.29, 1.82) is 0 Å². The van der Waals surface area contributed by atoms with E-state index in [0.29, 0.717) is 16.4 Å². The molecule has 1 heterocycles. The van der Waals surface area contributed by atoms with Gasteiger partial charge >= 0.3 is 0 Å². The maximum Gasteiger partial charge on any atom is 0.261 e. The molecule has 1 atom stereocenters. The highest BCUT2D eigenvalue weighted by Crippen LogP contribution is 2.24. The number of fused-ring (bicyclic) bond motifs is 1. The Labute approximate surface area is 122 Å². The minimum absolute atomic E-state index is 0.213. The van der Waals surface area contributed by atoms with Gasteiger partial charge in [0.1, 0.15) is 0 Å². The van der Waals surface area contributed by atoms with Gasteiger partial charge in [-0.25, -0.2) is 0 Å². The van der Waals surface area contributed by atoms with Gasteiger partial charge in [0.25, 0.3) is 11.8 Å². The molecule has 2 amide bonds. The smallest absolute Gasteiger partial charge is 0.261 e.